The molecule has 0 saturated heterocycles. The van der Waals surface area contributed by atoms with E-state index in [9.17, 15) is 4.79 Å². The molecule has 0 spiro atoms. The minimum atomic E-state index is -0.690. The van der Waals surface area contributed by atoms with Crippen LogP contribution in [0.15, 0.2) is 97.6 Å². The summed E-state index contributed by atoms with van der Waals surface area (Å²) in [5, 5.41) is 0. The molecule has 1 unspecified atom stereocenters. The Balaban J connectivity index is 1.57. The maximum absolute atomic E-state index is 13.3. The molecule has 3 aromatic carbocycles. The van der Waals surface area contributed by atoms with Gasteiger partial charge < -0.3 is 14.0 Å². The number of esters is 1. The predicted molar refractivity (Wildman–Crippen MR) is 150 cm³/mol. The van der Waals surface area contributed by atoms with Crippen LogP contribution in [0.3, 0.4) is 0 Å². The quantitative estimate of drug-likeness (QED) is 0.225. The topological polar surface area (TPSA) is 79.1 Å². The third-order valence-corrected chi connectivity index (χ3v) is 6.48. The van der Waals surface area contributed by atoms with Gasteiger partial charge in [0.05, 0.1) is 37.1 Å². The molecule has 0 amide bonds. The summed E-state index contributed by atoms with van der Waals surface area (Å²) in [6.07, 6.45) is 5.99. The maximum Gasteiger partial charge on any atom is 0.319 e. The molecule has 1 atom stereocenters. The van der Waals surface area contributed by atoms with Crippen molar-refractivity contribution in [1.29, 1.82) is 0 Å². The number of hydrogen-bond donors (Lipinski definition) is 0. The Bertz CT molecular complexity index is 1570. The first-order valence-corrected chi connectivity index (χ1v) is 12.9. The summed E-state index contributed by atoms with van der Waals surface area (Å²) in [5.74, 6) is 0.291. The number of hydrogen-bond acceptors (Lipinski definition) is 6. The van der Waals surface area contributed by atoms with E-state index < -0.39 is 5.92 Å². The number of aryl methyl sites for hydroxylation is 1. The normalized spacial score (nSPS) is 11.7. The molecule has 39 heavy (non-hydrogen) atoms. The minimum Gasteiger partial charge on any atom is -0.495 e. The molecule has 2 heterocycles. The predicted octanol–water partition coefficient (Wildman–Crippen LogP) is 5.93. The number of imidazole rings is 1. The van der Waals surface area contributed by atoms with E-state index in [1.54, 1.807) is 13.4 Å². The second-order valence-corrected chi connectivity index (χ2v) is 9.15. The van der Waals surface area contributed by atoms with Gasteiger partial charge in [-0.25, -0.2) is 15.0 Å². The van der Waals surface area contributed by atoms with Crippen LogP contribution in [-0.4, -0.2) is 39.2 Å². The van der Waals surface area contributed by atoms with Crippen molar-refractivity contribution in [2.24, 2.45) is 0 Å². The van der Waals surface area contributed by atoms with Gasteiger partial charge in [0, 0.05) is 24.4 Å². The molecule has 0 aliphatic heterocycles. The molecular formula is C32H30N4O3. The van der Waals surface area contributed by atoms with Gasteiger partial charge in [-0.05, 0) is 42.7 Å². The first-order valence-electron chi connectivity index (χ1n) is 12.9. The average Bonchev–Trinajstić information content (AvgIpc) is 3.40. The average molecular weight is 519 g/mol. The van der Waals surface area contributed by atoms with Gasteiger partial charge in [0.15, 0.2) is 0 Å². The SMILES string of the molecule is CCOC(=O)C(c1ccccc1)c1nc(Cc2ccc(-n3cnc(C)c3)c(OC)c2)ncc1-c1ccccc1. The summed E-state index contributed by atoms with van der Waals surface area (Å²) in [4.78, 5) is 27.4. The molecule has 2 aromatic heterocycles. The smallest absolute Gasteiger partial charge is 0.319 e. The van der Waals surface area contributed by atoms with Crippen molar-refractivity contribution in [1.82, 2.24) is 19.5 Å². The van der Waals surface area contributed by atoms with Crippen molar-refractivity contribution < 1.29 is 14.3 Å². The minimum absolute atomic E-state index is 0.281. The summed E-state index contributed by atoms with van der Waals surface area (Å²) in [6, 6.07) is 25.5. The van der Waals surface area contributed by atoms with Gasteiger partial charge in [0.25, 0.3) is 0 Å². The highest BCUT2D eigenvalue weighted by atomic mass is 16.5. The third kappa shape index (κ3) is 5.72. The molecule has 0 N–H and O–H groups in total. The van der Waals surface area contributed by atoms with Crippen LogP contribution in [0.5, 0.6) is 5.75 Å². The Labute approximate surface area is 228 Å². The van der Waals surface area contributed by atoms with Crippen LogP contribution in [0.4, 0.5) is 0 Å². The first kappa shape index (κ1) is 25.9. The van der Waals surface area contributed by atoms with Crippen molar-refractivity contribution in [3.05, 3.63) is 126 Å². The second-order valence-electron chi connectivity index (χ2n) is 9.15. The Morgan fingerprint density at radius 1 is 0.974 bits per heavy atom. The fourth-order valence-corrected chi connectivity index (χ4v) is 4.64. The van der Waals surface area contributed by atoms with Crippen molar-refractivity contribution in [3.8, 4) is 22.6 Å². The van der Waals surface area contributed by atoms with Gasteiger partial charge in [0.1, 0.15) is 17.5 Å². The van der Waals surface area contributed by atoms with Gasteiger partial charge in [-0.15, -0.1) is 0 Å². The van der Waals surface area contributed by atoms with Gasteiger partial charge >= 0.3 is 5.97 Å². The van der Waals surface area contributed by atoms with Crippen molar-refractivity contribution in [2.75, 3.05) is 13.7 Å². The lowest BCUT2D eigenvalue weighted by atomic mass is 9.90. The zero-order valence-corrected chi connectivity index (χ0v) is 22.2. The number of carbonyl (C=O) groups excluding carboxylic acids is 1. The molecule has 0 aliphatic rings. The molecule has 0 fully saturated rings. The number of carbonyl (C=O) groups is 1. The van der Waals surface area contributed by atoms with Crippen LogP contribution in [0.25, 0.3) is 16.8 Å². The zero-order valence-electron chi connectivity index (χ0n) is 22.2. The third-order valence-electron chi connectivity index (χ3n) is 6.48. The van der Waals surface area contributed by atoms with Crippen LogP contribution >= 0.6 is 0 Å². The van der Waals surface area contributed by atoms with Crippen LogP contribution in [-0.2, 0) is 16.0 Å². The summed E-state index contributed by atoms with van der Waals surface area (Å²) >= 11 is 0. The highest BCUT2D eigenvalue weighted by Crippen LogP contribution is 2.33. The number of benzene rings is 3. The van der Waals surface area contributed by atoms with E-state index in [0.29, 0.717) is 17.9 Å². The molecule has 0 radical (unpaired) electrons. The van der Waals surface area contributed by atoms with Crippen LogP contribution in [0.1, 0.15) is 41.2 Å². The Morgan fingerprint density at radius 2 is 1.72 bits per heavy atom. The molecule has 0 bridgehead atoms. The van der Waals surface area contributed by atoms with Crippen LogP contribution < -0.4 is 4.74 Å². The molecule has 7 nitrogen and oxygen atoms in total. The number of ether oxygens (including phenoxy) is 2. The van der Waals surface area contributed by atoms with Crippen LogP contribution in [0.2, 0.25) is 0 Å². The van der Waals surface area contributed by atoms with E-state index in [1.165, 1.54) is 0 Å². The van der Waals surface area contributed by atoms with Crippen molar-refractivity contribution in [3.63, 3.8) is 0 Å². The van der Waals surface area contributed by atoms with Gasteiger partial charge in [-0.1, -0.05) is 66.7 Å². The number of nitrogens with zero attached hydrogens (tertiary/aromatic N) is 4. The van der Waals surface area contributed by atoms with E-state index in [0.717, 1.165) is 39.4 Å². The van der Waals surface area contributed by atoms with E-state index in [4.69, 9.17) is 19.4 Å². The van der Waals surface area contributed by atoms with E-state index in [1.807, 2.05) is 110 Å². The molecule has 196 valence electrons. The lowest BCUT2D eigenvalue weighted by Gasteiger charge is -2.20. The lowest BCUT2D eigenvalue weighted by Crippen LogP contribution is -2.20. The van der Waals surface area contributed by atoms with Gasteiger partial charge in [-0.2, -0.15) is 0 Å². The Morgan fingerprint density at radius 3 is 2.38 bits per heavy atom. The van der Waals surface area contributed by atoms with Gasteiger partial charge in [0.2, 0.25) is 0 Å². The standard InChI is InChI=1S/C32H30N4O3/c1-4-39-32(37)30(25-13-9-6-10-14-25)31-26(24-11-7-5-8-12-24)19-33-29(35-31)18-23-15-16-27(28(17-23)38-3)36-20-22(2)34-21-36/h5-17,19-21,30H,4,18H2,1-3H3. The summed E-state index contributed by atoms with van der Waals surface area (Å²) in [7, 11) is 1.65. The monoisotopic (exact) mass is 518 g/mol. The summed E-state index contributed by atoms with van der Waals surface area (Å²) in [6.45, 7) is 4.04. The molecular weight excluding hydrogens is 488 g/mol. The second kappa shape index (κ2) is 11.7. The van der Waals surface area contributed by atoms with E-state index >= 15 is 0 Å². The largest absolute Gasteiger partial charge is 0.495 e. The maximum atomic E-state index is 13.3. The van der Waals surface area contributed by atoms with Crippen molar-refractivity contribution >= 4 is 5.97 Å². The van der Waals surface area contributed by atoms with Crippen molar-refractivity contribution in [2.45, 2.75) is 26.2 Å². The fraction of sp³-hybridized carbons (Fsp3) is 0.188. The lowest BCUT2D eigenvalue weighted by molar-refractivity contribution is -0.143. The Kier molecular flexibility index (Phi) is 7.78. The highest BCUT2D eigenvalue weighted by molar-refractivity contribution is 5.85. The first-order chi connectivity index (χ1) is 19.1. The molecule has 0 aliphatic carbocycles. The fourth-order valence-electron chi connectivity index (χ4n) is 4.64. The van der Waals surface area contributed by atoms with Gasteiger partial charge in [-0.3, -0.25) is 4.79 Å². The number of aromatic nitrogens is 4. The zero-order chi connectivity index (χ0) is 27.2. The molecule has 7 heteroatoms. The summed E-state index contributed by atoms with van der Waals surface area (Å²) in [5.41, 5.74) is 5.98. The number of rotatable bonds is 9. The van der Waals surface area contributed by atoms with Crippen LogP contribution in [0, 0.1) is 6.92 Å². The Hall–Kier alpha value is -4.78. The molecule has 5 aromatic rings. The van der Waals surface area contributed by atoms with E-state index in [-0.39, 0.29) is 12.6 Å². The highest BCUT2D eigenvalue weighted by Gasteiger charge is 2.29. The molecule has 5 rings (SSSR count). The molecule has 0 saturated carbocycles. The van der Waals surface area contributed by atoms with E-state index in [2.05, 4.69) is 4.98 Å². The number of methoxy groups -OCH3 is 1. The summed E-state index contributed by atoms with van der Waals surface area (Å²) < 4.78 is 13.2.